The summed E-state index contributed by atoms with van der Waals surface area (Å²) in [6.45, 7) is 3.73. The summed E-state index contributed by atoms with van der Waals surface area (Å²) in [5, 5.41) is 0. The fourth-order valence-electron chi connectivity index (χ4n) is 0.859. The zero-order valence-corrected chi connectivity index (χ0v) is 8.39. The molecule has 0 aliphatic rings. The summed E-state index contributed by atoms with van der Waals surface area (Å²) in [6, 6.07) is 0. The van der Waals surface area contributed by atoms with Gasteiger partial charge < -0.3 is 0 Å². The first-order valence-electron chi connectivity index (χ1n) is 2.98. The number of Topliss-reactive ketones (excluding diaryl/α,β-unsaturated/α-hetero) is 3. The molecule has 0 heterocycles. The molecule has 0 aromatic rings. The first-order chi connectivity index (χ1) is 4.46. The van der Waals surface area contributed by atoms with Gasteiger partial charge in [0, 0.05) is 19.5 Å². The normalized spacial score (nSPS) is 8.73. The summed E-state index contributed by atoms with van der Waals surface area (Å²) in [5.74, 6) is -2.15. The fraction of sp³-hybridized carbons (Fsp3) is 0.571. The van der Waals surface area contributed by atoms with Crippen LogP contribution in [0.2, 0.25) is 0 Å². The quantitative estimate of drug-likeness (QED) is 0.531. The summed E-state index contributed by atoms with van der Waals surface area (Å²) >= 11 is 0. The topological polar surface area (TPSA) is 51.2 Å². The molecule has 0 aliphatic carbocycles. The largest absolute Gasteiger partial charge is 0.299 e. The monoisotopic (exact) mass is 244 g/mol. The third kappa shape index (κ3) is 4.15. The number of carbonyl (C=O) groups excluding carboxylic acids is 3. The van der Waals surface area contributed by atoms with Gasteiger partial charge in [0.15, 0.2) is 0 Å². The van der Waals surface area contributed by atoms with Crippen LogP contribution in [0.1, 0.15) is 20.8 Å². The van der Waals surface area contributed by atoms with Gasteiger partial charge in [-0.3, -0.25) is 14.4 Å². The molecule has 0 radical (unpaired) electrons. The van der Waals surface area contributed by atoms with Crippen molar-refractivity contribution in [3.8, 4) is 0 Å². The van der Waals surface area contributed by atoms with Crippen molar-refractivity contribution in [1.82, 2.24) is 0 Å². The molecule has 0 fully saturated rings. The van der Waals surface area contributed by atoms with Crippen LogP contribution in [-0.2, 0) is 33.9 Å². The summed E-state index contributed by atoms with van der Waals surface area (Å²) in [4.78, 5) is 31.8. The predicted molar refractivity (Wildman–Crippen MR) is 35.5 cm³/mol. The average molecular weight is 243 g/mol. The Morgan fingerprint density at radius 3 is 1.00 bits per heavy atom. The first kappa shape index (κ1) is 13.2. The van der Waals surface area contributed by atoms with E-state index < -0.39 is 5.92 Å². The molecule has 0 saturated carbocycles. The van der Waals surface area contributed by atoms with Crippen molar-refractivity contribution in [2.45, 2.75) is 20.8 Å². The molecular formula is C7H10O3Ru. The van der Waals surface area contributed by atoms with E-state index in [1.54, 1.807) is 0 Å². The molecule has 4 heteroatoms. The van der Waals surface area contributed by atoms with E-state index in [1.807, 2.05) is 0 Å². The van der Waals surface area contributed by atoms with Crippen molar-refractivity contribution in [2.24, 2.45) is 5.92 Å². The van der Waals surface area contributed by atoms with E-state index in [1.165, 1.54) is 20.8 Å². The van der Waals surface area contributed by atoms with E-state index in [9.17, 15) is 14.4 Å². The van der Waals surface area contributed by atoms with Gasteiger partial charge in [-0.15, -0.1) is 0 Å². The fourth-order valence-corrected chi connectivity index (χ4v) is 0.859. The third-order valence-corrected chi connectivity index (χ3v) is 1.22. The molecule has 0 N–H and O–H groups in total. The van der Waals surface area contributed by atoms with Gasteiger partial charge in [0.2, 0.25) is 0 Å². The maximum Gasteiger partial charge on any atom is 0.147 e. The van der Waals surface area contributed by atoms with Crippen LogP contribution in [0, 0.1) is 5.92 Å². The molecule has 0 aromatic heterocycles. The molecule has 64 valence electrons. The Bertz CT molecular complexity index is 153. The maximum atomic E-state index is 10.6. The van der Waals surface area contributed by atoms with Crippen molar-refractivity contribution < 1.29 is 33.9 Å². The molecule has 0 atom stereocenters. The minimum Gasteiger partial charge on any atom is -0.299 e. The summed E-state index contributed by atoms with van der Waals surface area (Å²) in [5.41, 5.74) is 0. The number of carbonyl (C=O) groups is 3. The molecule has 0 aliphatic heterocycles. The van der Waals surface area contributed by atoms with Gasteiger partial charge in [-0.25, -0.2) is 0 Å². The van der Waals surface area contributed by atoms with E-state index in [0.29, 0.717) is 0 Å². The Morgan fingerprint density at radius 2 is 1.00 bits per heavy atom. The van der Waals surface area contributed by atoms with Crippen LogP contribution in [0.3, 0.4) is 0 Å². The predicted octanol–water partition coefficient (Wildman–Crippen LogP) is 0.367. The second kappa shape index (κ2) is 5.31. The van der Waals surface area contributed by atoms with Crippen molar-refractivity contribution in [1.29, 1.82) is 0 Å². The van der Waals surface area contributed by atoms with Gasteiger partial charge in [0.05, 0.1) is 0 Å². The van der Waals surface area contributed by atoms with E-state index in [0.717, 1.165) is 0 Å². The van der Waals surface area contributed by atoms with Crippen LogP contribution in [-0.4, -0.2) is 17.3 Å². The first-order valence-corrected chi connectivity index (χ1v) is 2.98. The van der Waals surface area contributed by atoms with E-state index in [-0.39, 0.29) is 36.8 Å². The number of rotatable bonds is 3. The van der Waals surface area contributed by atoms with Crippen LogP contribution >= 0.6 is 0 Å². The van der Waals surface area contributed by atoms with Gasteiger partial charge >= 0.3 is 0 Å². The summed E-state index contributed by atoms with van der Waals surface area (Å²) < 4.78 is 0. The second-order valence-corrected chi connectivity index (χ2v) is 2.26. The van der Waals surface area contributed by atoms with Gasteiger partial charge in [-0.2, -0.15) is 0 Å². The van der Waals surface area contributed by atoms with Gasteiger partial charge in [0.25, 0.3) is 0 Å². The molecular weight excluding hydrogens is 233 g/mol. The smallest absolute Gasteiger partial charge is 0.147 e. The molecule has 0 saturated heterocycles. The van der Waals surface area contributed by atoms with Crippen LogP contribution in [0.25, 0.3) is 0 Å². The Morgan fingerprint density at radius 1 is 0.818 bits per heavy atom. The van der Waals surface area contributed by atoms with Crippen LogP contribution in [0.15, 0.2) is 0 Å². The second-order valence-electron chi connectivity index (χ2n) is 2.26. The summed E-state index contributed by atoms with van der Waals surface area (Å²) in [7, 11) is 0. The number of ketones is 3. The average Bonchev–Trinajstić information content (AvgIpc) is 1.59. The molecule has 0 unspecified atom stereocenters. The summed E-state index contributed by atoms with van der Waals surface area (Å²) in [6.07, 6.45) is 0. The van der Waals surface area contributed by atoms with Gasteiger partial charge in [-0.05, 0) is 20.8 Å². The molecule has 0 rings (SSSR count). The molecule has 11 heavy (non-hydrogen) atoms. The Hall–Kier alpha value is -0.367. The van der Waals surface area contributed by atoms with E-state index in [4.69, 9.17) is 0 Å². The maximum absolute atomic E-state index is 10.6. The molecule has 3 nitrogen and oxygen atoms in total. The Kier molecular flexibility index (Phi) is 6.39. The van der Waals surface area contributed by atoms with E-state index in [2.05, 4.69) is 0 Å². The zero-order valence-electron chi connectivity index (χ0n) is 6.66. The van der Waals surface area contributed by atoms with Crippen LogP contribution < -0.4 is 0 Å². The Labute approximate surface area is 78.3 Å². The molecule has 0 amide bonds. The van der Waals surface area contributed by atoms with Crippen LogP contribution in [0.5, 0.6) is 0 Å². The standard InChI is InChI=1S/C7H10O3.Ru/c1-4(8)7(5(2)9)6(3)10;/h7H,1-3H3;. The number of hydrogen-bond acceptors (Lipinski definition) is 3. The third-order valence-electron chi connectivity index (χ3n) is 1.22. The molecule has 0 aromatic carbocycles. The Balaban J connectivity index is 0. The molecule has 0 bridgehead atoms. The van der Waals surface area contributed by atoms with Gasteiger partial charge in [-0.1, -0.05) is 0 Å². The minimum absolute atomic E-state index is 0. The van der Waals surface area contributed by atoms with Gasteiger partial charge in [0.1, 0.15) is 23.3 Å². The van der Waals surface area contributed by atoms with Crippen molar-refractivity contribution >= 4 is 17.3 Å². The van der Waals surface area contributed by atoms with E-state index >= 15 is 0 Å². The van der Waals surface area contributed by atoms with Crippen molar-refractivity contribution in [3.05, 3.63) is 0 Å². The number of hydrogen-bond donors (Lipinski definition) is 0. The van der Waals surface area contributed by atoms with Crippen LogP contribution in [0.4, 0.5) is 0 Å². The van der Waals surface area contributed by atoms with Crippen molar-refractivity contribution in [2.75, 3.05) is 0 Å². The molecule has 0 spiro atoms. The zero-order chi connectivity index (χ0) is 8.31. The minimum atomic E-state index is -1.03. The SMILES string of the molecule is CC(=O)C(C(C)=O)C(C)=O.[Ru]. The van der Waals surface area contributed by atoms with Crippen molar-refractivity contribution in [3.63, 3.8) is 0 Å².